The summed E-state index contributed by atoms with van der Waals surface area (Å²) in [6.07, 6.45) is 0.258. The maximum atomic E-state index is 12.0. The number of nitrogens with one attached hydrogen (secondary N) is 1. The maximum absolute atomic E-state index is 12.0. The molecule has 0 aliphatic heterocycles. The SMILES string of the molecule is Cc1ccc(CC(NC(=O)c2ccccc2)C(=O)O)cc1. The van der Waals surface area contributed by atoms with Gasteiger partial charge in [-0.05, 0) is 24.6 Å². The molecule has 0 saturated heterocycles. The number of carboxylic acids is 1. The summed E-state index contributed by atoms with van der Waals surface area (Å²) in [6.45, 7) is 1.97. The van der Waals surface area contributed by atoms with Gasteiger partial charge in [0.05, 0.1) is 0 Å². The standard InChI is InChI=1S/C17H17NO3/c1-12-7-9-13(10-8-12)11-15(17(20)21)18-16(19)14-5-3-2-4-6-14/h2-10,15H,11H2,1H3,(H,18,19)(H,20,21). The minimum absolute atomic E-state index is 0.258. The molecule has 2 rings (SSSR count). The molecule has 0 radical (unpaired) electrons. The van der Waals surface area contributed by atoms with E-state index in [9.17, 15) is 14.7 Å². The first kappa shape index (κ1) is 14.8. The summed E-state index contributed by atoms with van der Waals surface area (Å²) in [6, 6.07) is 15.2. The molecule has 4 nitrogen and oxygen atoms in total. The van der Waals surface area contributed by atoms with Gasteiger partial charge in [-0.3, -0.25) is 4.79 Å². The molecule has 2 N–H and O–H groups in total. The predicted octanol–water partition coefficient (Wildman–Crippen LogP) is 2.42. The number of rotatable bonds is 5. The fraction of sp³-hybridized carbons (Fsp3) is 0.176. The Morgan fingerprint density at radius 3 is 2.24 bits per heavy atom. The summed E-state index contributed by atoms with van der Waals surface area (Å²) < 4.78 is 0. The molecule has 0 heterocycles. The van der Waals surface area contributed by atoms with Crippen LogP contribution < -0.4 is 5.32 Å². The molecule has 1 unspecified atom stereocenters. The Balaban J connectivity index is 2.07. The number of aryl methyl sites for hydroxylation is 1. The van der Waals surface area contributed by atoms with E-state index < -0.39 is 12.0 Å². The number of amides is 1. The van der Waals surface area contributed by atoms with E-state index in [1.54, 1.807) is 30.3 Å². The highest BCUT2D eigenvalue weighted by Crippen LogP contribution is 2.07. The van der Waals surface area contributed by atoms with Gasteiger partial charge in [-0.1, -0.05) is 48.0 Å². The molecule has 0 bridgehead atoms. The van der Waals surface area contributed by atoms with E-state index in [2.05, 4.69) is 5.32 Å². The lowest BCUT2D eigenvalue weighted by molar-refractivity contribution is -0.139. The summed E-state index contributed by atoms with van der Waals surface area (Å²) in [4.78, 5) is 23.4. The molecule has 1 atom stereocenters. The molecule has 0 aliphatic rings. The van der Waals surface area contributed by atoms with E-state index in [0.717, 1.165) is 11.1 Å². The molecule has 4 heteroatoms. The molecular formula is C17H17NO3. The quantitative estimate of drug-likeness (QED) is 0.885. The average Bonchev–Trinajstić information content (AvgIpc) is 2.49. The Kier molecular flexibility index (Phi) is 4.72. The van der Waals surface area contributed by atoms with Gasteiger partial charge in [0.15, 0.2) is 0 Å². The molecule has 0 spiro atoms. The highest BCUT2D eigenvalue weighted by atomic mass is 16.4. The lowest BCUT2D eigenvalue weighted by Gasteiger charge is -2.15. The van der Waals surface area contributed by atoms with Gasteiger partial charge in [-0.15, -0.1) is 0 Å². The number of carbonyl (C=O) groups is 2. The zero-order valence-corrected chi connectivity index (χ0v) is 11.7. The van der Waals surface area contributed by atoms with Crippen molar-refractivity contribution in [1.29, 1.82) is 0 Å². The van der Waals surface area contributed by atoms with E-state index >= 15 is 0 Å². The third-order valence-corrected chi connectivity index (χ3v) is 3.20. The van der Waals surface area contributed by atoms with Gasteiger partial charge in [0.1, 0.15) is 6.04 Å². The van der Waals surface area contributed by atoms with Gasteiger partial charge in [-0.2, -0.15) is 0 Å². The van der Waals surface area contributed by atoms with Crippen LogP contribution in [0.3, 0.4) is 0 Å². The maximum Gasteiger partial charge on any atom is 0.326 e. The summed E-state index contributed by atoms with van der Waals surface area (Å²) in [7, 11) is 0. The first-order chi connectivity index (χ1) is 10.1. The third-order valence-electron chi connectivity index (χ3n) is 3.20. The number of carbonyl (C=O) groups excluding carboxylic acids is 1. The fourth-order valence-corrected chi connectivity index (χ4v) is 1.99. The second kappa shape index (κ2) is 6.70. The van der Waals surface area contributed by atoms with Crippen molar-refractivity contribution in [1.82, 2.24) is 5.32 Å². The fourth-order valence-electron chi connectivity index (χ4n) is 1.99. The summed E-state index contributed by atoms with van der Waals surface area (Å²) in [5.41, 5.74) is 2.44. The van der Waals surface area contributed by atoms with Crippen molar-refractivity contribution >= 4 is 11.9 Å². The van der Waals surface area contributed by atoms with Crippen molar-refractivity contribution in [2.75, 3.05) is 0 Å². The highest BCUT2D eigenvalue weighted by Gasteiger charge is 2.20. The Morgan fingerprint density at radius 2 is 1.67 bits per heavy atom. The van der Waals surface area contributed by atoms with Crippen LogP contribution in [-0.2, 0) is 11.2 Å². The van der Waals surface area contributed by atoms with Crippen molar-refractivity contribution in [2.24, 2.45) is 0 Å². The van der Waals surface area contributed by atoms with Crippen LogP contribution in [0.25, 0.3) is 0 Å². The molecule has 108 valence electrons. The van der Waals surface area contributed by atoms with Gasteiger partial charge in [0, 0.05) is 12.0 Å². The molecule has 2 aromatic rings. The number of hydrogen-bond donors (Lipinski definition) is 2. The van der Waals surface area contributed by atoms with E-state index in [4.69, 9.17) is 0 Å². The molecule has 21 heavy (non-hydrogen) atoms. The van der Waals surface area contributed by atoms with E-state index in [1.165, 1.54) is 0 Å². The number of hydrogen-bond acceptors (Lipinski definition) is 2. The van der Waals surface area contributed by atoms with Gasteiger partial charge >= 0.3 is 5.97 Å². The van der Waals surface area contributed by atoms with Crippen LogP contribution in [0.15, 0.2) is 54.6 Å². The average molecular weight is 283 g/mol. The van der Waals surface area contributed by atoms with Gasteiger partial charge in [-0.25, -0.2) is 4.79 Å². The minimum atomic E-state index is -1.04. The lowest BCUT2D eigenvalue weighted by Crippen LogP contribution is -2.42. The number of carboxylic acid groups (broad SMARTS) is 1. The van der Waals surface area contributed by atoms with E-state index in [0.29, 0.717) is 5.56 Å². The van der Waals surface area contributed by atoms with Crippen molar-refractivity contribution in [2.45, 2.75) is 19.4 Å². The molecule has 2 aromatic carbocycles. The van der Waals surface area contributed by atoms with E-state index in [-0.39, 0.29) is 12.3 Å². The molecule has 0 aromatic heterocycles. The Bertz CT molecular complexity index is 620. The van der Waals surface area contributed by atoms with Crippen molar-refractivity contribution in [3.63, 3.8) is 0 Å². The summed E-state index contributed by atoms with van der Waals surface area (Å²) in [5, 5.41) is 11.8. The predicted molar refractivity (Wildman–Crippen MR) is 80.2 cm³/mol. The monoisotopic (exact) mass is 283 g/mol. The van der Waals surface area contributed by atoms with E-state index in [1.807, 2.05) is 31.2 Å². The van der Waals surface area contributed by atoms with Gasteiger partial charge < -0.3 is 10.4 Å². The van der Waals surface area contributed by atoms with Crippen LogP contribution in [0.5, 0.6) is 0 Å². The van der Waals surface area contributed by atoms with Crippen LogP contribution >= 0.6 is 0 Å². The smallest absolute Gasteiger partial charge is 0.326 e. The Morgan fingerprint density at radius 1 is 1.05 bits per heavy atom. The first-order valence-corrected chi connectivity index (χ1v) is 6.70. The molecular weight excluding hydrogens is 266 g/mol. The zero-order valence-electron chi connectivity index (χ0n) is 11.7. The lowest BCUT2D eigenvalue weighted by atomic mass is 10.0. The molecule has 1 amide bonds. The number of benzene rings is 2. The second-order valence-electron chi connectivity index (χ2n) is 4.92. The Hall–Kier alpha value is -2.62. The molecule has 0 saturated carbocycles. The van der Waals surface area contributed by atoms with Crippen LogP contribution in [0, 0.1) is 6.92 Å². The normalized spacial score (nSPS) is 11.7. The second-order valence-corrected chi connectivity index (χ2v) is 4.92. The van der Waals surface area contributed by atoms with Crippen molar-refractivity contribution < 1.29 is 14.7 Å². The van der Waals surface area contributed by atoms with Gasteiger partial charge in [0.25, 0.3) is 5.91 Å². The Labute approximate surface area is 123 Å². The first-order valence-electron chi connectivity index (χ1n) is 6.70. The van der Waals surface area contributed by atoms with Crippen LogP contribution in [0.2, 0.25) is 0 Å². The van der Waals surface area contributed by atoms with Crippen LogP contribution in [0.4, 0.5) is 0 Å². The van der Waals surface area contributed by atoms with Crippen LogP contribution in [-0.4, -0.2) is 23.0 Å². The summed E-state index contributed by atoms with van der Waals surface area (Å²) >= 11 is 0. The van der Waals surface area contributed by atoms with Crippen LogP contribution in [0.1, 0.15) is 21.5 Å². The minimum Gasteiger partial charge on any atom is -0.480 e. The summed E-state index contributed by atoms with van der Waals surface area (Å²) in [5.74, 6) is -1.42. The van der Waals surface area contributed by atoms with Crippen molar-refractivity contribution in [3.8, 4) is 0 Å². The van der Waals surface area contributed by atoms with Gasteiger partial charge in [0.2, 0.25) is 0 Å². The zero-order chi connectivity index (χ0) is 15.2. The topological polar surface area (TPSA) is 66.4 Å². The number of aliphatic carboxylic acids is 1. The molecule has 0 aliphatic carbocycles. The highest BCUT2D eigenvalue weighted by molar-refractivity contribution is 5.96. The van der Waals surface area contributed by atoms with Crippen molar-refractivity contribution in [3.05, 3.63) is 71.3 Å². The largest absolute Gasteiger partial charge is 0.480 e. The third kappa shape index (κ3) is 4.18. The molecule has 0 fully saturated rings.